The number of hydrogen-bond acceptors (Lipinski definition) is 5. The zero-order valence-corrected chi connectivity index (χ0v) is 14.7. The van der Waals surface area contributed by atoms with E-state index in [0.29, 0.717) is 0 Å². The lowest BCUT2D eigenvalue weighted by atomic mass is 10.2. The first-order valence-electron chi connectivity index (χ1n) is 8.11. The van der Waals surface area contributed by atoms with Gasteiger partial charge in [0.1, 0.15) is 10.8 Å². The monoisotopic (exact) mass is 354 g/mol. The van der Waals surface area contributed by atoms with E-state index in [1.807, 2.05) is 36.4 Å². The molecule has 0 amide bonds. The third-order valence-corrected chi connectivity index (χ3v) is 4.65. The Labute approximate surface area is 149 Å². The van der Waals surface area contributed by atoms with Crippen LogP contribution < -0.4 is 4.74 Å². The molecule has 0 saturated carbocycles. The molecule has 0 aliphatic heterocycles. The summed E-state index contributed by atoms with van der Waals surface area (Å²) in [7, 11) is 0. The minimum Gasteiger partial charge on any atom is -0.494 e. The number of aromatic nitrogens is 1. The molecule has 0 aliphatic carbocycles. The molecule has 0 saturated heterocycles. The topological polar surface area (TPSA) is 65.3 Å². The number of nitro groups is 1. The summed E-state index contributed by atoms with van der Waals surface area (Å²) in [5, 5.41) is 11.7. The van der Waals surface area contributed by atoms with Crippen molar-refractivity contribution in [2.24, 2.45) is 0 Å². The summed E-state index contributed by atoms with van der Waals surface area (Å²) in [5.41, 5.74) is 1.91. The van der Waals surface area contributed by atoms with Crippen molar-refractivity contribution < 1.29 is 9.66 Å². The van der Waals surface area contributed by atoms with Crippen LogP contribution in [0.2, 0.25) is 0 Å². The van der Waals surface area contributed by atoms with Gasteiger partial charge >= 0.3 is 0 Å². The molecular formula is C19H18N2O3S. The second-order valence-corrected chi connectivity index (χ2v) is 6.63. The Kier molecular flexibility index (Phi) is 5.40. The largest absolute Gasteiger partial charge is 0.494 e. The summed E-state index contributed by atoms with van der Waals surface area (Å²) < 4.78 is 6.46. The van der Waals surface area contributed by atoms with Crippen LogP contribution in [0.3, 0.4) is 0 Å². The highest BCUT2D eigenvalue weighted by molar-refractivity contribution is 7.19. The van der Waals surface area contributed by atoms with Crippen LogP contribution in [0.4, 0.5) is 5.69 Å². The summed E-state index contributed by atoms with van der Waals surface area (Å²) in [6, 6.07) is 12.6. The fraction of sp³-hybridized carbons (Fsp3) is 0.211. The summed E-state index contributed by atoms with van der Waals surface area (Å²) in [5.74, 6) is 0.873. The molecule has 5 nitrogen and oxygen atoms in total. The second-order valence-electron chi connectivity index (χ2n) is 5.57. The van der Waals surface area contributed by atoms with Crippen LogP contribution in [0.15, 0.2) is 42.5 Å². The molecule has 0 radical (unpaired) electrons. The summed E-state index contributed by atoms with van der Waals surface area (Å²) in [6.45, 7) is 2.88. The number of benzene rings is 2. The molecule has 0 atom stereocenters. The second kappa shape index (κ2) is 7.90. The van der Waals surface area contributed by atoms with Gasteiger partial charge in [0, 0.05) is 12.1 Å². The highest BCUT2D eigenvalue weighted by Gasteiger charge is 2.09. The lowest BCUT2D eigenvalue weighted by Crippen LogP contribution is -1.95. The van der Waals surface area contributed by atoms with Crippen molar-refractivity contribution in [1.82, 2.24) is 4.98 Å². The zero-order valence-electron chi connectivity index (χ0n) is 13.8. The first kappa shape index (κ1) is 17.1. The van der Waals surface area contributed by atoms with E-state index in [2.05, 4.69) is 11.9 Å². The van der Waals surface area contributed by atoms with E-state index in [1.165, 1.54) is 17.4 Å². The average molecular weight is 354 g/mol. The van der Waals surface area contributed by atoms with Crippen LogP contribution in [0.5, 0.6) is 5.75 Å². The lowest BCUT2D eigenvalue weighted by molar-refractivity contribution is -0.384. The van der Waals surface area contributed by atoms with Crippen molar-refractivity contribution >= 4 is 39.4 Å². The number of ether oxygens (including phenoxy) is 1. The van der Waals surface area contributed by atoms with Crippen molar-refractivity contribution in [2.75, 3.05) is 6.61 Å². The molecule has 3 aromatic rings. The van der Waals surface area contributed by atoms with Crippen molar-refractivity contribution in [1.29, 1.82) is 0 Å². The van der Waals surface area contributed by atoms with Gasteiger partial charge in [-0.15, -0.1) is 11.3 Å². The van der Waals surface area contributed by atoms with E-state index in [-0.39, 0.29) is 5.69 Å². The SMILES string of the molecule is CCCCOc1ccc(C=Cc2nc3ccc([N+](=O)[O-])cc3s2)cc1. The van der Waals surface area contributed by atoms with E-state index in [9.17, 15) is 10.1 Å². The van der Waals surface area contributed by atoms with Gasteiger partial charge in [0.25, 0.3) is 5.69 Å². The molecule has 128 valence electrons. The van der Waals surface area contributed by atoms with Gasteiger partial charge in [0.05, 0.1) is 21.7 Å². The third-order valence-electron chi connectivity index (χ3n) is 3.66. The molecule has 0 bridgehead atoms. The minimum absolute atomic E-state index is 0.0883. The quantitative estimate of drug-likeness (QED) is 0.317. The van der Waals surface area contributed by atoms with Crippen LogP contribution in [-0.4, -0.2) is 16.5 Å². The first-order valence-corrected chi connectivity index (χ1v) is 8.93. The fourth-order valence-electron chi connectivity index (χ4n) is 2.29. The molecule has 2 aromatic carbocycles. The predicted molar refractivity (Wildman–Crippen MR) is 102 cm³/mol. The number of non-ortho nitro benzene ring substituents is 1. The van der Waals surface area contributed by atoms with Gasteiger partial charge in [-0.05, 0) is 36.3 Å². The van der Waals surface area contributed by atoms with Crippen LogP contribution in [0.25, 0.3) is 22.4 Å². The number of thiazole rings is 1. The molecule has 0 unspecified atom stereocenters. The van der Waals surface area contributed by atoms with Crippen molar-refractivity contribution in [2.45, 2.75) is 19.8 Å². The van der Waals surface area contributed by atoms with E-state index in [4.69, 9.17) is 4.74 Å². The molecular weight excluding hydrogens is 336 g/mol. The number of fused-ring (bicyclic) bond motifs is 1. The van der Waals surface area contributed by atoms with Gasteiger partial charge in [0.15, 0.2) is 0 Å². The van der Waals surface area contributed by atoms with Crippen LogP contribution in [0, 0.1) is 10.1 Å². The van der Waals surface area contributed by atoms with Crippen LogP contribution in [0.1, 0.15) is 30.3 Å². The minimum atomic E-state index is -0.390. The Hall–Kier alpha value is -2.73. The first-order chi connectivity index (χ1) is 12.2. The van der Waals surface area contributed by atoms with Gasteiger partial charge in [-0.25, -0.2) is 4.98 Å². The molecule has 0 fully saturated rings. The highest BCUT2D eigenvalue weighted by atomic mass is 32.1. The molecule has 1 heterocycles. The summed E-state index contributed by atoms with van der Waals surface area (Å²) in [6.07, 6.45) is 6.06. The Balaban J connectivity index is 1.71. The van der Waals surface area contributed by atoms with Gasteiger partial charge in [-0.2, -0.15) is 0 Å². The summed E-state index contributed by atoms with van der Waals surface area (Å²) >= 11 is 1.44. The third kappa shape index (κ3) is 4.42. The zero-order chi connectivity index (χ0) is 17.6. The summed E-state index contributed by atoms with van der Waals surface area (Å²) in [4.78, 5) is 14.9. The molecule has 0 aliphatic rings. The molecule has 1 aromatic heterocycles. The maximum atomic E-state index is 10.8. The normalized spacial score (nSPS) is 11.2. The van der Waals surface area contributed by atoms with Crippen molar-refractivity contribution in [3.05, 3.63) is 63.1 Å². The van der Waals surface area contributed by atoms with E-state index >= 15 is 0 Å². The number of nitrogens with zero attached hydrogens (tertiary/aromatic N) is 2. The lowest BCUT2D eigenvalue weighted by Gasteiger charge is -2.04. The van der Waals surface area contributed by atoms with Crippen molar-refractivity contribution in [3.63, 3.8) is 0 Å². The Morgan fingerprint density at radius 3 is 2.72 bits per heavy atom. The number of hydrogen-bond donors (Lipinski definition) is 0. The van der Waals surface area contributed by atoms with Gasteiger partial charge < -0.3 is 4.74 Å². The van der Waals surface area contributed by atoms with E-state index in [1.54, 1.807) is 12.1 Å². The maximum absolute atomic E-state index is 10.8. The molecule has 6 heteroatoms. The Morgan fingerprint density at radius 1 is 1.20 bits per heavy atom. The molecule has 25 heavy (non-hydrogen) atoms. The van der Waals surface area contributed by atoms with Gasteiger partial charge in [0.2, 0.25) is 0 Å². The van der Waals surface area contributed by atoms with E-state index < -0.39 is 4.92 Å². The standard InChI is InChI=1S/C19H18N2O3S/c1-2-3-12-24-16-8-4-14(5-9-16)6-11-19-20-17-10-7-15(21(22)23)13-18(17)25-19/h4-11,13H,2-3,12H2,1H3. The van der Waals surface area contributed by atoms with Crippen LogP contribution >= 0.6 is 11.3 Å². The number of nitro benzene ring substituents is 1. The van der Waals surface area contributed by atoms with Crippen molar-refractivity contribution in [3.8, 4) is 5.75 Å². The highest BCUT2D eigenvalue weighted by Crippen LogP contribution is 2.27. The Morgan fingerprint density at radius 2 is 2.00 bits per heavy atom. The Bertz CT molecular complexity index is 901. The van der Waals surface area contributed by atoms with Gasteiger partial charge in [-0.3, -0.25) is 10.1 Å². The fourth-order valence-corrected chi connectivity index (χ4v) is 3.20. The molecule has 0 N–H and O–H groups in total. The average Bonchev–Trinajstić information content (AvgIpc) is 3.03. The predicted octanol–water partition coefficient (Wildman–Crippen LogP) is 5.55. The smallest absolute Gasteiger partial charge is 0.270 e. The van der Waals surface area contributed by atoms with Gasteiger partial charge in [-0.1, -0.05) is 31.6 Å². The molecule has 0 spiro atoms. The maximum Gasteiger partial charge on any atom is 0.270 e. The molecule has 3 rings (SSSR count). The number of unbranched alkanes of at least 4 members (excludes halogenated alkanes) is 1. The number of rotatable bonds is 7. The van der Waals surface area contributed by atoms with E-state index in [0.717, 1.165) is 46.0 Å². The van der Waals surface area contributed by atoms with Crippen LogP contribution in [-0.2, 0) is 0 Å².